The third kappa shape index (κ3) is 5.24. The molecule has 0 bridgehead atoms. The molecule has 1 aromatic heterocycles. The van der Waals surface area contributed by atoms with Crippen LogP contribution < -0.4 is 10.1 Å². The predicted molar refractivity (Wildman–Crippen MR) is 106 cm³/mol. The quantitative estimate of drug-likeness (QED) is 0.601. The second-order valence-electron chi connectivity index (χ2n) is 5.99. The Morgan fingerprint density at radius 1 is 1.26 bits per heavy atom. The van der Waals surface area contributed by atoms with Gasteiger partial charge in [-0.15, -0.1) is 11.3 Å². The second-order valence-corrected chi connectivity index (χ2v) is 7.05. The van der Waals surface area contributed by atoms with Crippen LogP contribution in [0.3, 0.4) is 0 Å². The van der Waals surface area contributed by atoms with E-state index in [0.29, 0.717) is 12.4 Å². The molecule has 0 atom stereocenters. The van der Waals surface area contributed by atoms with Crippen LogP contribution in [0.4, 0.5) is 10.1 Å². The number of nitrogens with zero attached hydrogens (tertiary/aromatic N) is 1. The molecule has 4 nitrogen and oxygen atoms in total. The molecule has 138 valence electrons. The van der Waals surface area contributed by atoms with Gasteiger partial charge in [0.25, 0.3) is 0 Å². The third-order valence-electron chi connectivity index (χ3n) is 3.76. The van der Waals surface area contributed by atoms with Crippen LogP contribution in [0.25, 0.3) is 6.08 Å². The smallest absolute Gasteiger partial charge is 0.248 e. The summed E-state index contributed by atoms with van der Waals surface area (Å²) < 4.78 is 19.7. The van der Waals surface area contributed by atoms with Gasteiger partial charge in [-0.1, -0.05) is 24.3 Å². The SMILES string of the molecule is Cc1ccc(NC(=O)/C=C/c2ccccc2OCc2csc(C)n2)c(F)c1. The van der Waals surface area contributed by atoms with Crippen molar-refractivity contribution < 1.29 is 13.9 Å². The van der Waals surface area contributed by atoms with Gasteiger partial charge in [-0.25, -0.2) is 9.37 Å². The Morgan fingerprint density at radius 3 is 2.81 bits per heavy atom. The highest BCUT2D eigenvalue weighted by molar-refractivity contribution is 7.09. The number of carbonyl (C=O) groups excluding carboxylic acids is 1. The van der Waals surface area contributed by atoms with Crippen molar-refractivity contribution in [2.45, 2.75) is 20.5 Å². The number of hydrogen-bond donors (Lipinski definition) is 1. The maximum Gasteiger partial charge on any atom is 0.248 e. The lowest BCUT2D eigenvalue weighted by Crippen LogP contribution is -2.09. The maximum absolute atomic E-state index is 13.8. The number of carbonyl (C=O) groups is 1. The van der Waals surface area contributed by atoms with Gasteiger partial charge in [0.1, 0.15) is 18.2 Å². The fourth-order valence-corrected chi connectivity index (χ4v) is 3.03. The molecule has 0 radical (unpaired) electrons. The van der Waals surface area contributed by atoms with Crippen molar-refractivity contribution in [2.75, 3.05) is 5.32 Å². The number of thiazole rings is 1. The van der Waals surface area contributed by atoms with Crippen LogP contribution in [0.2, 0.25) is 0 Å². The minimum Gasteiger partial charge on any atom is -0.487 e. The number of benzene rings is 2. The van der Waals surface area contributed by atoms with Crippen molar-refractivity contribution in [3.8, 4) is 5.75 Å². The molecule has 0 aliphatic carbocycles. The summed E-state index contributed by atoms with van der Waals surface area (Å²) in [5.41, 5.74) is 2.56. The van der Waals surface area contributed by atoms with Crippen LogP contribution in [0.5, 0.6) is 5.75 Å². The Morgan fingerprint density at radius 2 is 2.07 bits per heavy atom. The van der Waals surface area contributed by atoms with Crippen molar-refractivity contribution in [1.29, 1.82) is 0 Å². The molecule has 27 heavy (non-hydrogen) atoms. The molecular formula is C21H19FN2O2S. The molecule has 1 heterocycles. The van der Waals surface area contributed by atoms with Gasteiger partial charge in [0.05, 0.1) is 16.4 Å². The Hall–Kier alpha value is -2.99. The lowest BCUT2D eigenvalue weighted by Gasteiger charge is -2.08. The Labute approximate surface area is 161 Å². The van der Waals surface area contributed by atoms with Gasteiger partial charge >= 0.3 is 0 Å². The van der Waals surface area contributed by atoms with Crippen molar-refractivity contribution in [1.82, 2.24) is 4.98 Å². The fourth-order valence-electron chi connectivity index (χ4n) is 2.44. The summed E-state index contributed by atoms with van der Waals surface area (Å²) in [7, 11) is 0. The fraction of sp³-hybridized carbons (Fsp3) is 0.143. The molecule has 0 unspecified atom stereocenters. The van der Waals surface area contributed by atoms with E-state index in [4.69, 9.17) is 4.74 Å². The largest absolute Gasteiger partial charge is 0.487 e. The van der Waals surface area contributed by atoms with Crippen LogP contribution in [0.1, 0.15) is 21.8 Å². The first kappa shape index (κ1) is 18.8. The molecule has 1 N–H and O–H groups in total. The molecule has 1 amide bonds. The highest BCUT2D eigenvalue weighted by Crippen LogP contribution is 2.21. The van der Waals surface area contributed by atoms with Gasteiger partial charge in [-0.3, -0.25) is 4.79 Å². The number of anilines is 1. The number of hydrogen-bond acceptors (Lipinski definition) is 4. The van der Waals surface area contributed by atoms with Gasteiger partial charge < -0.3 is 10.1 Å². The minimum absolute atomic E-state index is 0.152. The summed E-state index contributed by atoms with van der Waals surface area (Å²) in [6.45, 7) is 4.09. The molecule has 3 rings (SSSR count). The number of para-hydroxylation sites is 1. The summed E-state index contributed by atoms with van der Waals surface area (Å²) in [4.78, 5) is 16.5. The first-order valence-electron chi connectivity index (χ1n) is 8.39. The Balaban J connectivity index is 1.66. The third-order valence-corrected chi connectivity index (χ3v) is 4.58. The zero-order valence-electron chi connectivity index (χ0n) is 15.0. The molecule has 6 heteroatoms. The van der Waals surface area contributed by atoms with Gasteiger partial charge in [0, 0.05) is 17.0 Å². The summed E-state index contributed by atoms with van der Waals surface area (Å²) >= 11 is 1.57. The number of aryl methyl sites for hydroxylation is 2. The summed E-state index contributed by atoms with van der Waals surface area (Å²) in [5, 5.41) is 5.48. The van der Waals surface area contributed by atoms with E-state index < -0.39 is 11.7 Å². The van der Waals surface area contributed by atoms with Crippen LogP contribution in [-0.2, 0) is 11.4 Å². The van der Waals surface area contributed by atoms with Crippen LogP contribution in [0, 0.1) is 19.7 Å². The normalized spacial score (nSPS) is 10.9. The van der Waals surface area contributed by atoms with Crippen molar-refractivity contribution in [3.63, 3.8) is 0 Å². The van der Waals surface area contributed by atoms with Crippen molar-refractivity contribution >= 4 is 29.0 Å². The molecule has 0 aliphatic rings. The standard InChI is InChI=1S/C21H19FN2O2S/c1-14-7-9-19(18(22)11-14)24-21(25)10-8-16-5-3-4-6-20(16)26-12-17-13-27-15(2)23-17/h3-11,13H,12H2,1-2H3,(H,24,25)/b10-8+. The zero-order valence-corrected chi connectivity index (χ0v) is 15.8. The van der Waals surface area contributed by atoms with E-state index in [0.717, 1.165) is 21.8 Å². The second kappa shape index (κ2) is 8.60. The van der Waals surface area contributed by atoms with Crippen molar-refractivity contribution in [2.24, 2.45) is 0 Å². The number of amides is 1. The van der Waals surface area contributed by atoms with E-state index in [1.165, 1.54) is 12.1 Å². The lowest BCUT2D eigenvalue weighted by atomic mass is 10.2. The highest BCUT2D eigenvalue weighted by atomic mass is 32.1. The molecule has 0 fully saturated rings. The average molecular weight is 382 g/mol. The van der Waals surface area contributed by atoms with E-state index in [9.17, 15) is 9.18 Å². The van der Waals surface area contributed by atoms with Crippen LogP contribution in [0.15, 0.2) is 53.9 Å². The van der Waals surface area contributed by atoms with E-state index in [1.807, 2.05) is 36.6 Å². The number of halogens is 1. The minimum atomic E-state index is -0.459. The molecule has 3 aromatic rings. The number of nitrogens with one attached hydrogen (secondary N) is 1. The number of rotatable bonds is 6. The molecule has 0 saturated heterocycles. The Kier molecular flexibility index (Phi) is 5.98. The van der Waals surface area contributed by atoms with Crippen molar-refractivity contribution in [3.05, 3.63) is 81.6 Å². The first-order chi connectivity index (χ1) is 13.0. The zero-order chi connectivity index (χ0) is 19.2. The molecule has 2 aromatic carbocycles. The molecule has 0 saturated carbocycles. The average Bonchev–Trinajstić information content (AvgIpc) is 3.06. The summed E-state index contributed by atoms with van der Waals surface area (Å²) in [5.74, 6) is -0.226. The number of aromatic nitrogens is 1. The molecule has 0 aliphatic heterocycles. The predicted octanol–water partition coefficient (Wildman–Crippen LogP) is 5.13. The Bertz CT molecular complexity index is 982. The molecular weight excluding hydrogens is 363 g/mol. The van der Waals surface area contributed by atoms with Gasteiger partial charge in [-0.05, 0) is 43.7 Å². The molecule has 0 spiro atoms. The maximum atomic E-state index is 13.8. The van der Waals surface area contributed by atoms with Gasteiger partial charge in [0.15, 0.2) is 0 Å². The summed E-state index contributed by atoms with van der Waals surface area (Å²) in [6, 6.07) is 12.1. The van der Waals surface area contributed by atoms with Gasteiger partial charge in [0.2, 0.25) is 5.91 Å². The van der Waals surface area contributed by atoms with E-state index in [1.54, 1.807) is 36.5 Å². The topological polar surface area (TPSA) is 51.2 Å². The van der Waals surface area contributed by atoms with Crippen LogP contribution in [-0.4, -0.2) is 10.9 Å². The highest BCUT2D eigenvalue weighted by Gasteiger charge is 2.06. The van der Waals surface area contributed by atoms with E-state index >= 15 is 0 Å². The van der Waals surface area contributed by atoms with E-state index in [-0.39, 0.29) is 5.69 Å². The van der Waals surface area contributed by atoms with Crippen LogP contribution >= 0.6 is 11.3 Å². The van der Waals surface area contributed by atoms with E-state index in [2.05, 4.69) is 10.3 Å². The first-order valence-corrected chi connectivity index (χ1v) is 9.27. The van der Waals surface area contributed by atoms with Gasteiger partial charge in [-0.2, -0.15) is 0 Å². The lowest BCUT2D eigenvalue weighted by molar-refractivity contribution is -0.111. The number of ether oxygens (including phenoxy) is 1. The summed E-state index contributed by atoms with van der Waals surface area (Å²) in [6.07, 6.45) is 3.00. The monoisotopic (exact) mass is 382 g/mol.